The molecule has 1 unspecified atom stereocenters. The van der Waals surface area contributed by atoms with Gasteiger partial charge in [-0.3, -0.25) is 9.78 Å². The first-order valence-corrected chi connectivity index (χ1v) is 9.39. The fourth-order valence-corrected chi connectivity index (χ4v) is 4.37. The van der Waals surface area contributed by atoms with Gasteiger partial charge in [-0.05, 0) is 60.9 Å². The van der Waals surface area contributed by atoms with Gasteiger partial charge >= 0.3 is 0 Å². The fraction of sp³-hybridized carbons (Fsp3) is 0.474. The van der Waals surface area contributed by atoms with Gasteiger partial charge in [-0.2, -0.15) is 0 Å². The second-order valence-corrected chi connectivity index (χ2v) is 7.70. The Morgan fingerprint density at radius 3 is 2.96 bits per heavy atom. The first-order valence-electron chi connectivity index (χ1n) is 8.58. The predicted octanol–water partition coefficient (Wildman–Crippen LogP) is 3.29. The number of nitrogens with zero attached hydrogens (tertiary/aromatic N) is 2. The van der Waals surface area contributed by atoms with Gasteiger partial charge in [0.1, 0.15) is 0 Å². The average molecular weight is 344 g/mol. The molecule has 0 fully saturated rings. The quantitative estimate of drug-likeness (QED) is 0.875. The summed E-state index contributed by atoms with van der Waals surface area (Å²) in [4.78, 5) is 21.1. The summed E-state index contributed by atoms with van der Waals surface area (Å²) >= 11 is 1.65. The Kier molecular flexibility index (Phi) is 5.63. The molecule has 24 heavy (non-hydrogen) atoms. The van der Waals surface area contributed by atoms with Gasteiger partial charge in [-0.15, -0.1) is 11.3 Å². The molecule has 2 aromatic rings. The number of aliphatic hydroxyl groups excluding tert-OH is 1. The van der Waals surface area contributed by atoms with E-state index in [-0.39, 0.29) is 12.5 Å². The molecule has 1 N–H and O–H groups in total. The number of amides is 1. The highest BCUT2D eigenvalue weighted by molar-refractivity contribution is 7.14. The van der Waals surface area contributed by atoms with Crippen molar-refractivity contribution in [1.29, 1.82) is 0 Å². The monoisotopic (exact) mass is 344 g/mol. The molecule has 2 heterocycles. The lowest BCUT2D eigenvalue weighted by Crippen LogP contribution is -2.31. The number of aliphatic hydroxyl groups is 1. The van der Waals surface area contributed by atoms with Crippen LogP contribution in [0.5, 0.6) is 0 Å². The molecule has 0 aromatic carbocycles. The second kappa shape index (κ2) is 7.90. The minimum Gasteiger partial charge on any atom is -0.396 e. The maximum Gasteiger partial charge on any atom is 0.264 e. The second-order valence-electron chi connectivity index (χ2n) is 6.57. The molecule has 0 saturated heterocycles. The van der Waals surface area contributed by atoms with E-state index in [9.17, 15) is 4.79 Å². The van der Waals surface area contributed by atoms with Crippen molar-refractivity contribution in [2.45, 2.75) is 39.2 Å². The van der Waals surface area contributed by atoms with Crippen molar-refractivity contribution >= 4 is 17.2 Å². The van der Waals surface area contributed by atoms with Crippen LogP contribution in [0.4, 0.5) is 0 Å². The Bertz CT molecular complexity index is 684. The highest BCUT2D eigenvalue weighted by atomic mass is 32.1. The van der Waals surface area contributed by atoms with Gasteiger partial charge in [-0.1, -0.05) is 6.92 Å². The molecule has 0 spiro atoms. The molecule has 1 aliphatic carbocycles. The Labute approximate surface area is 147 Å². The Hall–Kier alpha value is -1.72. The zero-order valence-corrected chi connectivity index (χ0v) is 14.9. The average Bonchev–Trinajstić information content (AvgIpc) is 3.02. The lowest BCUT2D eigenvalue weighted by molar-refractivity contribution is 0.0737. The van der Waals surface area contributed by atoms with Gasteiger partial charge in [0.05, 0.1) is 4.88 Å². The SMILES string of the molecule is CC1CCc2sc(C(=O)N(CCCO)Cc3ccncc3)cc2C1. The molecule has 1 amide bonds. The van der Waals surface area contributed by atoms with Crippen LogP contribution in [0.3, 0.4) is 0 Å². The third-order valence-corrected chi connectivity index (χ3v) is 5.76. The van der Waals surface area contributed by atoms with Crippen LogP contribution in [0.25, 0.3) is 0 Å². The van der Waals surface area contributed by atoms with Crippen molar-refractivity contribution in [3.05, 3.63) is 51.5 Å². The number of carbonyl (C=O) groups is 1. The highest BCUT2D eigenvalue weighted by Gasteiger charge is 2.23. The smallest absolute Gasteiger partial charge is 0.264 e. The van der Waals surface area contributed by atoms with Gasteiger partial charge in [-0.25, -0.2) is 0 Å². The first-order chi connectivity index (χ1) is 11.7. The minimum atomic E-state index is 0.0762. The number of aryl methyl sites for hydroxylation is 1. The number of pyridine rings is 1. The Morgan fingerprint density at radius 1 is 1.42 bits per heavy atom. The van der Waals surface area contributed by atoms with E-state index in [4.69, 9.17) is 5.11 Å². The number of rotatable bonds is 6. The zero-order chi connectivity index (χ0) is 16.9. The van der Waals surface area contributed by atoms with E-state index >= 15 is 0 Å². The molecule has 1 atom stereocenters. The number of hydrogen-bond acceptors (Lipinski definition) is 4. The summed E-state index contributed by atoms with van der Waals surface area (Å²) in [6, 6.07) is 5.96. The van der Waals surface area contributed by atoms with Crippen LogP contribution in [-0.4, -0.2) is 34.0 Å². The molecule has 0 radical (unpaired) electrons. The lowest BCUT2D eigenvalue weighted by atomic mass is 9.90. The number of hydrogen-bond donors (Lipinski definition) is 1. The summed E-state index contributed by atoms with van der Waals surface area (Å²) in [7, 11) is 0. The van der Waals surface area contributed by atoms with Crippen molar-refractivity contribution < 1.29 is 9.90 Å². The van der Waals surface area contributed by atoms with Gasteiger partial charge in [0.15, 0.2) is 0 Å². The van der Waals surface area contributed by atoms with E-state index in [2.05, 4.69) is 18.0 Å². The molecular formula is C19H24N2O2S. The van der Waals surface area contributed by atoms with Gasteiger partial charge < -0.3 is 10.0 Å². The van der Waals surface area contributed by atoms with Crippen molar-refractivity contribution in [2.75, 3.05) is 13.2 Å². The van der Waals surface area contributed by atoms with Crippen LogP contribution in [0.2, 0.25) is 0 Å². The normalized spacial score (nSPS) is 16.7. The Morgan fingerprint density at radius 2 is 2.21 bits per heavy atom. The van der Waals surface area contributed by atoms with E-state index < -0.39 is 0 Å². The molecule has 0 bridgehead atoms. The van der Waals surface area contributed by atoms with Crippen LogP contribution < -0.4 is 0 Å². The summed E-state index contributed by atoms with van der Waals surface area (Å²) in [5.41, 5.74) is 2.42. The molecule has 2 aromatic heterocycles. The molecular weight excluding hydrogens is 320 g/mol. The third-order valence-electron chi connectivity index (χ3n) is 4.54. The number of fused-ring (bicyclic) bond motifs is 1. The van der Waals surface area contributed by atoms with E-state index in [1.807, 2.05) is 17.0 Å². The summed E-state index contributed by atoms with van der Waals surface area (Å²) in [5, 5.41) is 9.15. The third kappa shape index (κ3) is 4.02. The molecule has 3 rings (SSSR count). The van der Waals surface area contributed by atoms with Crippen molar-refractivity contribution in [3.8, 4) is 0 Å². The van der Waals surface area contributed by atoms with E-state index in [1.165, 1.54) is 16.9 Å². The van der Waals surface area contributed by atoms with Gasteiger partial charge in [0.2, 0.25) is 0 Å². The molecule has 128 valence electrons. The van der Waals surface area contributed by atoms with Crippen LogP contribution in [0.15, 0.2) is 30.6 Å². The largest absolute Gasteiger partial charge is 0.396 e. The number of aromatic nitrogens is 1. The number of carbonyl (C=O) groups excluding carboxylic acids is 1. The van der Waals surface area contributed by atoms with Gasteiger partial charge in [0, 0.05) is 37.0 Å². The fourth-order valence-electron chi connectivity index (χ4n) is 3.19. The molecule has 1 aliphatic rings. The topological polar surface area (TPSA) is 53.4 Å². The van der Waals surface area contributed by atoms with E-state index in [0.717, 1.165) is 23.3 Å². The Balaban J connectivity index is 1.78. The molecule has 0 saturated carbocycles. The molecule has 0 aliphatic heterocycles. The molecule has 5 heteroatoms. The van der Waals surface area contributed by atoms with Crippen LogP contribution in [-0.2, 0) is 19.4 Å². The first kappa shape index (κ1) is 17.1. The van der Waals surface area contributed by atoms with Crippen LogP contribution in [0, 0.1) is 5.92 Å². The standard InChI is InChI=1S/C19H24N2O2S/c1-14-3-4-17-16(11-14)12-18(24-17)19(23)21(9-2-10-22)13-15-5-7-20-8-6-15/h5-8,12,14,22H,2-4,9-11,13H2,1H3. The van der Waals surface area contributed by atoms with E-state index in [0.29, 0.717) is 25.4 Å². The van der Waals surface area contributed by atoms with Gasteiger partial charge in [0.25, 0.3) is 5.91 Å². The van der Waals surface area contributed by atoms with Crippen molar-refractivity contribution in [1.82, 2.24) is 9.88 Å². The maximum absolute atomic E-state index is 13.0. The lowest BCUT2D eigenvalue weighted by Gasteiger charge is -2.22. The zero-order valence-electron chi connectivity index (χ0n) is 14.1. The minimum absolute atomic E-state index is 0.0762. The predicted molar refractivity (Wildman–Crippen MR) is 96.2 cm³/mol. The van der Waals surface area contributed by atoms with Crippen LogP contribution in [0.1, 0.15) is 45.4 Å². The van der Waals surface area contributed by atoms with Crippen molar-refractivity contribution in [2.24, 2.45) is 5.92 Å². The number of thiophene rings is 1. The highest BCUT2D eigenvalue weighted by Crippen LogP contribution is 2.32. The summed E-state index contributed by atoms with van der Waals surface area (Å²) < 4.78 is 0. The van der Waals surface area contributed by atoms with E-state index in [1.54, 1.807) is 23.7 Å². The maximum atomic E-state index is 13.0. The van der Waals surface area contributed by atoms with Crippen LogP contribution >= 0.6 is 11.3 Å². The summed E-state index contributed by atoms with van der Waals surface area (Å²) in [6.07, 6.45) is 7.48. The summed E-state index contributed by atoms with van der Waals surface area (Å²) in [6.45, 7) is 3.49. The van der Waals surface area contributed by atoms with Crippen molar-refractivity contribution in [3.63, 3.8) is 0 Å². The summed E-state index contributed by atoms with van der Waals surface area (Å²) in [5.74, 6) is 0.782. The molecule has 4 nitrogen and oxygen atoms in total.